The van der Waals surface area contributed by atoms with Crippen molar-refractivity contribution < 1.29 is 14.3 Å². The van der Waals surface area contributed by atoms with Crippen molar-refractivity contribution in [3.05, 3.63) is 83.1 Å². The van der Waals surface area contributed by atoms with Crippen LogP contribution in [0.1, 0.15) is 30.8 Å². The molecule has 0 saturated carbocycles. The van der Waals surface area contributed by atoms with Crippen LogP contribution < -0.4 is 10.6 Å². The Balaban J connectivity index is 1.78. The van der Waals surface area contributed by atoms with Crippen LogP contribution in [-0.2, 0) is 11.2 Å². The molecule has 1 aromatic heterocycles. The summed E-state index contributed by atoms with van der Waals surface area (Å²) >= 11 is 0. The average Bonchev–Trinajstić information content (AvgIpc) is 3.14. The van der Waals surface area contributed by atoms with Gasteiger partial charge in [-0.3, -0.25) is 4.79 Å². The molecule has 0 fully saturated rings. The summed E-state index contributed by atoms with van der Waals surface area (Å²) in [5, 5.41) is 19.6. The minimum absolute atomic E-state index is 0.0239. The Morgan fingerprint density at radius 3 is 2.67 bits per heavy atom. The van der Waals surface area contributed by atoms with Crippen LogP contribution in [0.3, 0.4) is 0 Å². The van der Waals surface area contributed by atoms with E-state index in [0.717, 1.165) is 0 Å². The van der Waals surface area contributed by atoms with E-state index in [1.54, 1.807) is 37.3 Å². The number of hydrogen-bond acceptors (Lipinski definition) is 5. The Kier molecular flexibility index (Phi) is 5.58. The fraction of sp³-hybridized carbons (Fsp3) is 0.227. The first-order valence-corrected chi connectivity index (χ1v) is 9.73. The number of benzene rings is 2. The molecule has 1 unspecified atom stereocenters. The number of amides is 1. The third-order valence-electron chi connectivity index (χ3n) is 4.93. The first-order valence-electron chi connectivity index (χ1n) is 9.73. The molecule has 2 aromatic carbocycles. The smallest absolute Gasteiger partial charge is 0.255 e. The number of nitrogens with zero attached hydrogens (tertiary/aromatic N) is 3. The molecule has 0 bridgehead atoms. The van der Waals surface area contributed by atoms with E-state index < -0.39 is 11.9 Å². The van der Waals surface area contributed by atoms with Gasteiger partial charge in [-0.2, -0.15) is 10.1 Å². The van der Waals surface area contributed by atoms with Gasteiger partial charge in [0.25, 0.3) is 5.91 Å². The molecule has 0 saturated heterocycles. The Bertz CT molecular complexity index is 1090. The molecule has 1 aliphatic rings. The first kappa shape index (κ1) is 19.8. The number of hydrogen-bond donors (Lipinski definition) is 3. The summed E-state index contributed by atoms with van der Waals surface area (Å²) < 4.78 is 16.3. The van der Waals surface area contributed by atoms with Crippen LogP contribution in [0.15, 0.2) is 65.9 Å². The van der Waals surface area contributed by atoms with Gasteiger partial charge in [0.1, 0.15) is 11.9 Å². The SMILES string of the molecule is CC1=C(C(=O)Nc2ccccc2)C(c2ccccc2F)n2nc(CCCO)nc2N1. The normalized spacial score (nSPS) is 15.5. The van der Waals surface area contributed by atoms with Crippen LogP contribution >= 0.6 is 0 Å². The van der Waals surface area contributed by atoms with E-state index in [1.807, 2.05) is 18.2 Å². The van der Waals surface area contributed by atoms with Crippen molar-refractivity contribution in [3.63, 3.8) is 0 Å². The summed E-state index contributed by atoms with van der Waals surface area (Å²) in [5.41, 5.74) is 1.90. The highest BCUT2D eigenvalue weighted by Gasteiger charge is 2.35. The van der Waals surface area contributed by atoms with Crippen LogP contribution in [-0.4, -0.2) is 32.4 Å². The molecule has 7 nitrogen and oxygen atoms in total. The number of anilines is 2. The van der Waals surface area contributed by atoms with Gasteiger partial charge >= 0.3 is 0 Å². The molecular formula is C22H22FN5O2. The summed E-state index contributed by atoms with van der Waals surface area (Å²) in [6.07, 6.45) is 0.994. The van der Waals surface area contributed by atoms with Crippen LogP contribution in [0, 0.1) is 5.82 Å². The second-order valence-electron chi connectivity index (χ2n) is 7.03. The minimum atomic E-state index is -0.776. The number of aryl methyl sites for hydroxylation is 1. The number of carbonyl (C=O) groups excluding carboxylic acids is 1. The predicted molar refractivity (Wildman–Crippen MR) is 111 cm³/mol. The highest BCUT2D eigenvalue weighted by molar-refractivity contribution is 6.06. The Morgan fingerprint density at radius 2 is 1.93 bits per heavy atom. The summed E-state index contributed by atoms with van der Waals surface area (Å²) in [6, 6.07) is 14.7. The fourth-order valence-corrected chi connectivity index (χ4v) is 3.54. The van der Waals surface area contributed by atoms with Gasteiger partial charge in [0.05, 0.1) is 5.57 Å². The molecule has 1 atom stereocenters. The second-order valence-corrected chi connectivity index (χ2v) is 7.03. The first-order chi connectivity index (χ1) is 14.6. The van der Waals surface area contributed by atoms with Gasteiger partial charge in [-0.25, -0.2) is 9.07 Å². The molecule has 154 valence electrons. The van der Waals surface area contributed by atoms with Crippen molar-refractivity contribution in [3.8, 4) is 0 Å². The summed E-state index contributed by atoms with van der Waals surface area (Å²) in [5.74, 6) is 0.174. The molecule has 0 aliphatic carbocycles. The van der Waals surface area contributed by atoms with E-state index in [9.17, 15) is 9.18 Å². The van der Waals surface area contributed by atoms with Crippen molar-refractivity contribution >= 4 is 17.5 Å². The number of aliphatic hydroxyl groups excluding tert-OH is 1. The lowest BCUT2D eigenvalue weighted by atomic mass is 9.94. The van der Waals surface area contributed by atoms with Gasteiger partial charge in [-0.05, 0) is 31.5 Å². The third-order valence-corrected chi connectivity index (χ3v) is 4.93. The lowest BCUT2D eigenvalue weighted by Gasteiger charge is -2.28. The summed E-state index contributed by atoms with van der Waals surface area (Å²) in [6.45, 7) is 1.79. The number of allylic oxidation sites excluding steroid dienone is 1. The van der Waals surface area contributed by atoms with Crippen LogP contribution in [0.4, 0.5) is 16.0 Å². The lowest BCUT2D eigenvalue weighted by Crippen LogP contribution is -2.32. The van der Waals surface area contributed by atoms with Gasteiger partial charge in [0.15, 0.2) is 5.82 Å². The molecule has 0 spiro atoms. The maximum atomic E-state index is 14.8. The van der Waals surface area contributed by atoms with Crippen molar-refractivity contribution in [1.29, 1.82) is 0 Å². The summed E-state index contributed by atoms with van der Waals surface area (Å²) in [7, 11) is 0. The van der Waals surface area contributed by atoms with Gasteiger partial charge in [0, 0.05) is 30.0 Å². The fourth-order valence-electron chi connectivity index (χ4n) is 3.54. The number of halogens is 1. The Morgan fingerprint density at radius 1 is 1.20 bits per heavy atom. The molecule has 1 aliphatic heterocycles. The highest BCUT2D eigenvalue weighted by Crippen LogP contribution is 2.36. The van der Waals surface area contributed by atoms with E-state index in [0.29, 0.717) is 47.1 Å². The largest absolute Gasteiger partial charge is 0.396 e. The zero-order valence-corrected chi connectivity index (χ0v) is 16.5. The average molecular weight is 407 g/mol. The molecule has 30 heavy (non-hydrogen) atoms. The Labute approximate surface area is 173 Å². The standard InChI is InChI=1S/C22H22FN5O2/c1-14-19(21(30)25-15-8-3-2-4-9-15)20(16-10-5-6-11-17(16)23)28-22(24-14)26-18(27-28)12-7-13-29/h2-6,8-11,20,29H,7,12-13H2,1H3,(H,25,30)(H,24,26,27). The van der Waals surface area contributed by atoms with Crippen LogP contribution in [0.2, 0.25) is 0 Å². The maximum absolute atomic E-state index is 14.8. The van der Waals surface area contributed by atoms with E-state index in [1.165, 1.54) is 10.7 Å². The van der Waals surface area contributed by atoms with Crippen molar-refractivity contribution in [2.45, 2.75) is 25.8 Å². The van der Waals surface area contributed by atoms with Crippen molar-refractivity contribution in [2.24, 2.45) is 0 Å². The van der Waals surface area contributed by atoms with Crippen LogP contribution in [0.5, 0.6) is 0 Å². The molecule has 1 amide bonds. The molecule has 0 radical (unpaired) electrons. The maximum Gasteiger partial charge on any atom is 0.255 e. The number of para-hydroxylation sites is 1. The predicted octanol–water partition coefficient (Wildman–Crippen LogP) is 3.27. The van der Waals surface area contributed by atoms with Gasteiger partial charge in [-0.15, -0.1) is 0 Å². The molecule has 3 N–H and O–H groups in total. The molecule has 4 rings (SSSR count). The Hall–Kier alpha value is -3.52. The van der Waals surface area contributed by atoms with E-state index in [4.69, 9.17) is 5.11 Å². The van der Waals surface area contributed by atoms with E-state index >= 15 is 0 Å². The number of aliphatic hydroxyl groups is 1. The molecule has 3 aromatic rings. The topological polar surface area (TPSA) is 92.1 Å². The van der Waals surface area contributed by atoms with E-state index in [2.05, 4.69) is 20.7 Å². The van der Waals surface area contributed by atoms with Gasteiger partial charge < -0.3 is 15.7 Å². The molecular weight excluding hydrogens is 385 g/mol. The van der Waals surface area contributed by atoms with Crippen molar-refractivity contribution in [1.82, 2.24) is 14.8 Å². The van der Waals surface area contributed by atoms with E-state index in [-0.39, 0.29) is 12.5 Å². The lowest BCUT2D eigenvalue weighted by molar-refractivity contribution is -0.113. The second kappa shape index (κ2) is 8.46. The zero-order chi connectivity index (χ0) is 21.1. The zero-order valence-electron chi connectivity index (χ0n) is 16.5. The highest BCUT2D eigenvalue weighted by atomic mass is 19.1. The third kappa shape index (κ3) is 3.81. The molecule has 8 heteroatoms. The summed E-state index contributed by atoms with van der Waals surface area (Å²) in [4.78, 5) is 17.7. The molecule has 2 heterocycles. The van der Waals surface area contributed by atoms with Crippen LogP contribution in [0.25, 0.3) is 0 Å². The number of rotatable bonds is 6. The number of carbonyl (C=O) groups is 1. The number of aromatic nitrogens is 3. The van der Waals surface area contributed by atoms with Gasteiger partial charge in [0.2, 0.25) is 5.95 Å². The number of fused-ring (bicyclic) bond motifs is 1. The monoisotopic (exact) mass is 407 g/mol. The minimum Gasteiger partial charge on any atom is -0.396 e. The quantitative estimate of drug-likeness (QED) is 0.583. The van der Waals surface area contributed by atoms with Crippen molar-refractivity contribution in [2.75, 3.05) is 17.2 Å². The van der Waals surface area contributed by atoms with Gasteiger partial charge in [-0.1, -0.05) is 36.4 Å². The number of nitrogens with one attached hydrogen (secondary N) is 2.